The number of fused-ring (bicyclic) bond motifs is 2. The van der Waals surface area contributed by atoms with Crippen LogP contribution in [0, 0.1) is 0 Å². The molecule has 0 saturated heterocycles. The number of rotatable bonds is 1. The molecule has 0 aromatic heterocycles. The van der Waals surface area contributed by atoms with Crippen LogP contribution >= 0.6 is 7.80 Å². The molecule has 1 aromatic rings. The summed E-state index contributed by atoms with van der Waals surface area (Å²) in [6.45, 7) is 8.12. The topological polar surface area (TPSA) is 18.5 Å². The van der Waals surface area contributed by atoms with E-state index in [4.69, 9.17) is 17.0 Å². The lowest BCUT2D eigenvalue weighted by Crippen LogP contribution is -2.22. The minimum absolute atomic E-state index is 0.0656. The van der Waals surface area contributed by atoms with Gasteiger partial charge in [0.05, 0.1) is 18.5 Å². The average molecular weight is 260 g/mol. The Hall–Kier alpha value is -0.685. The molecular formula is C14H18BO2P. The van der Waals surface area contributed by atoms with Gasteiger partial charge in [-0.15, -0.1) is 7.80 Å². The van der Waals surface area contributed by atoms with Gasteiger partial charge in [0.15, 0.2) is 0 Å². The predicted molar refractivity (Wildman–Crippen MR) is 76.9 cm³/mol. The van der Waals surface area contributed by atoms with E-state index in [2.05, 4.69) is 26.8 Å². The van der Waals surface area contributed by atoms with Crippen LogP contribution in [0.15, 0.2) is 6.07 Å². The monoisotopic (exact) mass is 260 g/mol. The molecule has 2 aliphatic rings. The fourth-order valence-electron chi connectivity index (χ4n) is 2.52. The maximum absolute atomic E-state index is 6.52. The van der Waals surface area contributed by atoms with Crippen LogP contribution in [0.1, 0.15) is 31.9 Å². The van der Waals surface area contributed by atoms with Crippen LogP contribution in [-0.4, -0.2) is 25.9 Å². The summed E-state index contributed by atoms with van der Waals surface area (Å²) in [6, 6.07) is 2.25. The van der Waals surface area contributed by atoms with Crippen LogP contribution in [0.4, 0.5) is 0 Å². The zero-order valence-electron chi connectivity index (χ0n) is 11.2. The zero-order chi connectivity index (χ0) is 12.9. The van der Waals surface area contributed by atoms with Gasteiger partial charge in [0, 0.05) is 12.8 Å². The first kappa shape index (κ1) is 12.4. The summed E-state index contributed by atoms with van der Waals surface area (Å²) in [5.74, 6) is 2.03. The predicted octanol–water partition coefficient (Wildman–Crippen LogP) is 2.55. The van der Waals surface area contributed by atoms with Gasteiger partial charge in [-0.3, -0.25) is 0 Å². The Kier molecular flexibility index (Phi) is 2.86. The van der Waals surface area contributed by atoms with E-state index in [9.17, 15) is 0 Å². The highest BCUT2D eigenvalue weighted by atomic mass is 31.1. The summed E-state index contributed by atoms with van der Waals surface area (Å²) in [7, 11) is 5.75. The molecule has 2 nitrogen and oxygen atoms in total. The molecule has 0 fully saturated rings. The van der Waals surface area contributed by atoms with Gasteiger partial charge >= 0.3 is 0 Å². The summed E-state index contributed by atoms with van der Waals surface area (Å²) in [4.78, 5) is 0. The summed E-state index contributed by atoms with van der Waals surface area (Å²) in [5.41, 5.74) is 2.63. The molecule has 2 heterocycles. The standard InChI is InChI=1S/C14H18BO2P/c1-14(2,3)18(15)13-11-9(4-6-16-11)8-10-5-7-17-12(10)13/h8H,4-7H2,1-3H3. The molecule has 0 aliphatic carbocycles. The van der Waals surface area contributed by atoms with Crippen LogP contribution in [0.25, 0.3) is 0 Å². The van der Waals surface area contributed by atoms with Gasteiger partial charge in [-0.05, 0) is 22.3 Å². The Morgan fingerprint density at radius 3 is 2.00 bits per heavy atom. The Morgan fingerprint density at radius 2 is 1.56 bits per heavy atom. The van der Waals surface area contributed by atoms with Crippen LogP contribution in [0.2, 0.25) is 0 Å². The van der Waals surface area contributed by atoms with E-state index >= 15 is 0 Å². The van der Waals surface area contributed by atoms with Gasteiger partial charge in [-0.25, -0.2) is 0 Å². The quantitative estimate of drug-likeness (QED) is 0.570. The molecule has 3 rings (SSSR count). The molecule has 1 aromatic carbocycles. The molecule has 0 bridgehead atoms. The molecule has 1 atom stereocenters. The third-order valence-electron chi connectivity index (χ3n) is 3.56. The van der Waals surface area contributed by atoms with Gasteiger partial charge in [0.2, 0.25) is 0 Å². The number of ether oxygens (including phenoxy) is 2. The Bertz CT molecular complexity index is 461. The molecule has 0 spiro atoms. The third kappa shape index (κ3) is 1.84. The highest BCUT2D eigenvalue weighted by Crippen LogP contribution is 2.51. The second-order valence-electron chi connectivity index (χ2n) is 5.94. The Labute approximate surface area is 111 Å². The Balaban J connectivity index is 2.18. The van der Waals surface area contributed by atoms with Crippen molar-refractivity contribution in [3.8, 4) is 11.5 Å². The first-order valence-corrected chi connectivity index (χ1v) is 7.89. The second kappa shape index (κ2) is 4.16. The van der Waals surface area contributed by atoms with Crippen LogP contribution in [0.3, 0.4) is 0 Å². The van der Waals surface area contributed by atoms with Crippen molar-refractivity contribution in [2.75, 3.05) is 13.2 Å². The minimum Gasteiger partial charge on any atom is -0.492 e. The van der Waals surface area contributed by atoms with E-state index in [0.717, 1.165) is 42.9 Å². The SMILES string of the molecule is [B]P(c1c2c(cc3c1OCC3)CCO2)C(C)(C)C. The van der Waals surface area contributed by atoms with Gasteiger partial charge in [-0.1, -0.05) is 20.8 Å². The molecule has 0 saturated carbocycles. The minimum atomic E-state index is -0.772. The molecule has 0 N–H and O–H groups in total. The lowest BCUT2D eigenvalue weighted by molar-refractivity contribution is 0.347. The molecule has 4 heteroatoms. The summed E-state index contributed by atoms with van der Waals surface area (Å²) < 4.78 is 11.7. The van der Waals surface area contributed by atoms with Gasteiger partial charge in [0.25, 0.3) is 0 Å². The summed E-state index contributed by atoms with van der Waals surface area (Å²) in [5, 5.41) is 1.22. The molecular weight excluding hydrogens is 242 g/mol. The van der Waals surface area contributed by atoms with E-state index in [-0.39, 0.29) is 5.16 Å². The zero-order valence-corrected chi connectivity index (χ0v) is 12.1. The molecule has 0 amide bonds. The van der Waals surface area contributed by atoms with E-state index < -0.39 is 7.80 Å². The first-order valence-electron chi connectivity index (χ1n) is 6.48. The first-order chi connectivity index (χ1) is 8.48. The van der Waals surface area contributed by atoms with Crippen molar-refractivity contribution in [2.24, 2.45) is 0 Å². The molecule has 2 aliphatic heterocycles. The van der Waals surface area contributed by atoms with E-state index in [0.29, 0.717) is 0 Å². The van der Waals surface area contributed by atoms with Crippen molar-refractivity contribution >= 4 is 20.7 Å². The maximum atomic E-state index is 6.52. The lowest BCUT2D eigenvalue weighted by atomic mass is 10.1. The van der Waals surface area contributed by atoms with E-state index in [1.54, 1.807) is 0 Å². The second-order valence-corrected chi connectivity index (χ2v) is 8.47. The largest absolute Gasteiger partial charge is 0.492 e. The van der Waals surface area contributed by atoms with Crippen molar-refractivity contribution in [1.82, 2.24) is 0 Å². The van der Waals surface area contributed by atoms with E-state index in [1.165, 1.54) is 11.1 Å². The normalized spacial score (nSPS) is 18.8. The van der Waals surface area contributed by atoms with Gasteiger partial charge in [0.1, 0.15) is 19.1 Å². The molecule has 94 valence electrons. The Morgan fingerprint density at radius 1 is 1.06 bits per heavy atom. The molecule has 18 heavy (non-hydrogen) atoms. The number of benzene rings is 1. The molecule has 1 unspecified atom stereocenters. The fourth-order valence-corrected chi connectivity index (χ4v) is 4.05. The molecule has 2 radical (unpaired) electrons. The number of hydrogen-bond acceptors (Lipinski definition) is 2. The highest BCUT2D eigenvalue weighted by Gasteiger charge is 2.33. The van der Waals surface area contributed by atoms with Crippen molar-refractivity contribution in [1.29, 1.82) is 0 Å². The maximum Gasteiger partial charge on any atom is 0.133 e. The average Bonchev–Trinajstić information content (AvgIpc) is 2.90. The lowest BCUT2D eigenvalue weighted by Gasteiger charge is -2.31. The van der Waals surface area contributed by atoms with Gasteiger partial charge in [-0.2, -0.15) is 0 Å². The summed E-state index contributed by atoms with van der Waals surface area (Å²) in [6.07, 6.45) is 2.01. The van der Waals surface area contributed by atoms with Crippen molar-refractivity contribution in [3.63, 3.8) is 0 Å². The fraction of sp³-hybridized carbons (Fsp3) is 0.571. The van der Waals surface area contributed by atoms with Crippen molar-refractivity contribution in [3.05, 3.63) is 17.2 Å². The van der Waals surface area contributed by atoms with Crippen molar-refractivity contribution in [2.45, 2.75) is 38.8 Å². The smallest absolute Gasteiger partial charge is 0.133 e. The van der Waals surface area contributed by atoms with Crippen molar-refractivity contribution < 1.29 is 9.47 Å². The summed E-state index contributed by atoms with van der Waals surface area (Å²) >= 11 is 0. The van der Waals surface area contributed by atoms with E-state index in [1.807, 2.05) is 0 Å². The van der Waals surface area contributed by atoms with Crippen LogP contribution in [0.5, 0.6) is 11.5 Å². The highest BCUT2D eigenvalue weighted by molar-refractivity contribution is 7.89. The number of hydrogen-bond donors (Lipinski definition) is 0. The van der Waals surface area contributed by atoms with Crippen LogP contribution in [-0.2, 0) is 12.8 Å². The van der Waals surface area contributed by atoms with Gasteiger partial charge < -0.3 is 9.47 Å². The van der Waals surface area contributed by atoms with Crippen LogP contribution < -0.4 is 14.8 Å². The third-order valence-corrected chi connectivity index (χ3v) is 5.89.